The van der Waals surface area contributed by atoms with Gasteiger partial charge in [0.1, 0.15) is 0 Å². The van der Waals surface area contributed by atoms with E-state index in [1.165, 1.54) is 11.3 Å². The van der Waals surface area contributed by atoms with Crippen LogP contribution < -0.4 is 10.2 Å². The van der Waals surface area contributed by atoms with Crippen LogP contribution in [-0.4, -0.2) is 55.6 Å². The highest BCUT2D eigenvalue weighted by molar-refractivity contribution is 9.10. The van der Waals surface area contributed by atoms with Crippen molar-refractivity contribution < 1.29 is 4.79 Å². The van der Waals surface area contributed by atoms with Crippen LogP contribution in [0, 0.1) is 0 Å². The fraction of sp³-hybridized carbons (Fsp3) is 0.381. The summed E-state index contributed by atoms with van der Waals surface area (Å²) >= 11 is 3.56. The van der Waals surface area contributed by atoms with Crippen LogP contribution in [-0.2, 0) is 6.42 Å². The number of anilines is 3. The highest BCUT2D eigenvalue weighted by Gasteiger charge is 2.23. The maximum atomic E-state index is 12.8. The van der Waals surface area contributed by atoms with Crippen molar-refractivity contribution in [3.05, 3.63) is 52.5 Å². The van der Waals surface area contributed by atoms with Gasteiger partial charge in [0.05, 0.1) is 11.4 Å². The maximum Gasteiger partial charge on any atom is 0.321 e. The molecule has 27 heavy (non-hydrogen) atoms. The molecule has 2 heterocycles. The summed E-state index contributed by atoms with van der Waals surface area (Å²) in [5, 5.41) is 3.16. The third kappa shape index (κ3) is 3.96. The zero-order chi connectivity index (χ0) is 18.8. The molecule has 0 bridgehead atoms. The van der Waals surface area contributed by atoms with Gasteiger partial charge in [0.2, 0.25) is 0 Å². The van der Waals surface area contributed by atoms with Gasteiger partial charge in [0.25, 0.3) is 0 Å². The monoisotopic (exact) mass is 428 g/mol. The standard InChI is InChI=1S/C21H25BrN4O/c1-24-11-13-25(14-12-24)21(27)23-18-15-17(22)8-9-20(18)26-10-4-6-16-5-2-3-7-19(16)26/h2-3,5,7-9,15H,4,6,10-14H2,1H3,(H,23,27). The van der Waals surface area contributed by atoms with Crippen LogP contribution in [0.3, 0.4) is 0 Å². The summed E-state index contributed by atoms with van der Waals surface area (Å²) in [6, 6.07) is 14.7. The van der Waals surface area contributed by atoms with E-state index in [4.69, 9.17) is 0 Å². The third-order valence-corrected chi connectivity index (χ3v) is 5.88. The van der Waals surface area contributed by atoms with Crippen molar-refractivity contribution in [1.82, 2.24) is 9.80 Å². The van der Waals surface area contributed by atoms with Gasteiger partial charge in [0.15, 0.2) is 0 Å². The van der Waals surface area contributed by atoms with Gasteiger partial charge in [-0.3, -0.25) is 0 Å². The predicted molar refractivity (Wildman–Crippen MR) is 114 cm³/mol. The Labute approximate surface area is 169 Å². The number of nitrogens with one attached hydrogen (secondary N) is 1. The number of halogens is 1. The number of fused-ring (bicyclic) bond motifs is 1. The van der Waals surface area contributed by atoms with E-state index in [0.29, 0.717) is 0 Å². The van der Waals surface area contributed by atoms with Crippen LogP contribution in [0.15, 0.2) is 46.9 Å². The molecule has 1 N–H and O–H groups in total. The van der Waals surface area contributed by atoms with E-state index in [2.05, 4.69) is 68.4 Å². The number of hydrogen-bond acceptors (Lipinski definition) is 3. The quantitative estimate of drug-likeness (QED) is 0.773. The number of carbonyl (C=O) groups excluding carboxylic acids is 1. The fourth-order valence-corrected chi connectivity index (χ4v) is 4.19. The number of piperazine rings is 1. The molecule has 1 saturated heterocycles. The van der Waals surface area contributed by atoms with Crippen molar-refractivity contribution in [2.24, 2.45) is 0 Å². The van der Waals surface area contributed by atoms with Crippen LogP contribution in [0.25, 0.3) is 0 Å². The number of rotatable bonds is 2. The lowest BCUT2D eigenvalue weighted by Crippen LogP contribution is -2.48. The van der Waals surface area contributed by atoms with Crippen LogP contribution in [0.2, 0.25) is 0 Å². The first-order valence-corrected chi connectivity index (χ1v) is 10.3. The molecule has 2 amide bonds. The van der Waals surface area contributed by atoms with E-state index >= 15 is 0 Å². The second-order valence-corrected chi connectivity index (χ2v) is 8.18. The second-order valence-electron chi connectivity index (χ2n) is 7.27. The fourth-order valence-electron chi connectivity index (χ4n) is 3.83. The van der Waals surface area contributed by atoms with Gasteiger partial charge in [-0.15, -0.1) is 0 Å². The van der Waals surface area contributed by atoms with Gasteiger partial charge in [0, 0.05) is 42.9 Å². The maximum absolute atomic E-state index is 12.8. The highest BCUT2D eigenvalue weighted by Crippen LogP contribution is 2.38. The summed E-state index contributed by atoms with van der Waals surface area (Å²) in [5.41, 5.74) is 4.50. The Hall–Kier alpha value is -2.05. The topological polar surface area (TPSA) is 38.8 Å². The Morgan fingerprint density at radius 2 is 1.78 bits per heavy atom. The molecule has 2 aromatic rings. The molecule has 1 fully saturated rings. The summed E-state index contributed by atoms with van der Waals surface area (Å²) in [5.74, 6) is 0. The highest BCUT2D eigenvalue weighted by atomic mass is 79.9. The number of amides is 2. The zero-order valence-electron chi connectivity index (χ0n) is 15.6. The largest absolute Gasteiger partial charge is 0.340 e. The molecule has 6 heteroatoms. The van der Waals surface area contributed by atoms with E-state index in [9.17, 15) is 4.79 Å². The van der Waals surface area contributed by atoms with Gasteiger partial charge in [-0.2, -0.15) is 0 Å². The van der Waals surface area contributed by atoms with Gasteiger partial charge >= 0.3 is 6.03 Å². The number of hydrogen-bond donors (Lipinski definition) is 1. The molecule has 0 aliphatic carbocycles. The van der Waals surface area contributed by atoms with E-state index in [-0.39, 0.29) is 6.03 Å². The molecular weight excluding hydrogens is 404 g/mol. The minimum absolute atomic E-state index is 0.0206. The van der Waals surface area contributed by atoms with Crippen molar-refractivity contribution in [3.8, 4) is 0 Å². The Kier molecular flexibility index (Phi) is 5.36. The lowest BCUT2D eigenvalue weighted by Gasteiger charge is -2.34. The first-order chi connectivity index (χ1) is 13.1. The lowest BCUT2D eigenvalue weighted by molar-refractivity contribution is 0.164. The summed E-state index contributed by atoms with van der Waals surface area (Å²) < 4.78 is 0.963. The normalized spacial score (nSPS) is 17.6. The molecule has 0 spiro atoms. The summed E-state index contributed by atoms with van der Waals surface area (Å²) in [7, 11) is 2.09. The van der Waals surface area contributed by atoms with Crippen LogP contribution >= 0.6 is 15.9 Å². The smallest absolute Gasteiger partial charge is 0.321 e. The van der Waals surface area contributed by atoms with Crippen molar-refractivity contribution >= 4 is 39.0 Å². The van der Waals surface area contributed by atoms with E-state index in [0.717, 1.165) is 61.4 Å². The Morgan fingerprint density at radius 1 is 1.00 bits per heavy atom. The molecule has 0 aromatic heterocycles. The molecule has 142 valence electrons. The average Bonchev–Trinajstić information content (AvgIpc) is 2.68. The molecule has 2 aromatic carbocycles. The Bertz CT molecular complexity index is 833. The van der Waals surface area contributed by atoms with Crippen LogP contribution in [0.1, 0.15) is 12.0 Å². The molecule has 2 aliphatic rings. The number of likely N-dealkylation sites (N-methyl/N-ethyl adjacent to an activating group) is 1. The molecule has 0 saturated carbocycles. The van der Waals surface area contributed by atoms with Gasteiger partial charge in [-0.05, 0) is 49.7 Å². The zero-order valence-corrected chi connectivity index (χ0v) is 17.2. The van der Waals surface area contributed by atoms with Crippen molar-refractivity contribution in [2.75, 3.05) is 50.0 Å². The van der Waals surface area contributed by atoms with Crippen LogP contribution in [0.4, 0.5) is 21.9 Å². The molecule has 0 atom stereocenters. The molecule has 2 aliphatic heterocycles. The number of aryl methyl sites for hydroxylation is 1. The number of para-hydroxylation sites is 1. The number of carbonyl (C=O) groups is 1. The lowest BCUT2D eigenvalue weighted by atomic mass is 10.0. The van der Waals surface area contributed by atoms with Gasteiger partial charge < -0.3 is 20.0 Å². The third-order valence-electron chi connectivity index (χ3n) is 5.39. The first-order valence-electron chi connectivity index (χ1n) is 9.51. The number of urea groups is 1. The van der Waals surface area contributed by atoms with Crippen molar-refractivity contribution in [1.29, 1.82) is 0 Å². The van der Waals surface area contributed by atoms with E-state index < -0.39 is 0 Å². The van der Waals surface area contributed by atoms with E-state index in [1.807, 2.05) is 17.0 Å². The molecule has 5 nitrogen and oxygen atoms in total. The van der Waals surface area contributed by atoms with Crippen molar-refractivity contribution in [3.63, 3.8) is 0 Å². The van der Waals surface area contributed by atoms with Gasteiger partial charge in [-0.1, -0.05) is 34.1 Å². The molecule has 0 unspecified atom stereocenters. The SMILES string of the molecule is CN1CCN(C(=O)Nc2cc(Br)ccc2N2CCCc3ccccc32)CC1. The number of nitrogens with zero attached hydrogens (tertiary/aromatic N) is 3. The summed E-state index contributed by atoms with van der Waals surface area (Å²) in [4.78, 5) is 19.3. The average molecular weight is 429 g/mol. The number of benzene rings is 2. The summed E-state index contributed by atoms with van der Waals surface area (Å²) in [6.07, 6.45) is 2.21. The summed E-state index contributed by atoms with van der Waals surface area (Å²) in [6.45, 7) is 4.31. The second kappa shape index (κ2) is 7.90. The minimum Gasteiger partial charge on any atom is -0.340 e. The Balaban J connectivity index is 1.61. The molecule has 4 rings (SSSR count). The minimum atomic E-state index is -0.0206. The van der Waals surface area contributed by atoms with Crippen LogP contribution in [0.5, 0.6) is 0 Å². The molecular formula is C21H25BrN4O. The Morgan fingerprint density at radius 3 is 2.59 bits per heavy atom. The van der Waals surface area contributed by atoms with Gasteiger partial charge in [-0.25, -0.2) is 4.79 Å². The first kappa shape index (κ1) is 18.3. The predicted octanol–water partition coefficient (Wildman–Crippen LogP) is 4.31. The van der Waals surface area contributed by atoms with Crippen molar-refractivity contribution in [2.45, 2.75) is 12.8 Å². The van der Waals surface area contributed by atoms with E-state index in [1.54, 1.807) is 0 Å². The molecule has 0 radical (unpaired) electrons.